The fourth-order valence-corrected chi connectivity index (χ4v) is 1.46. The Morgan fingerprint density at radius 1 is 1.47 bits per heavy atom. The first-order valence-corrected chi connectivity index (χ1v) is 5.14. The normalized spacial score (nSPS) is 10.2. The quantitative estimate of drug-likeness (QED) is 0.845. The Morgan fingerprint density at radius 2 is 2.29 bits per heavy atom. The molecule has 0 amide bonds. The molecular formula is C12H12N2O3. The highest BCUT2D eigenvalue weighted by molar-refractivity contribution is 5.88. The van der Waals surface area contributed by atoms with Gasteiger partial charge in [-0.2, -0.15) is 0 Å². The Hall–Kier alpha value is -2.30. The predicted octanol–water partition coefficient (Wildman–Crippen LogP) is 2.29. The van der Waals surface area contributed by atoms with Crippen molar-refractivity contribution in [3.63, 3.8) is 0 Å². The van der Waals surface area contributed by atoms with Crippen molar-refractivity contribution in [3.8, 4) is 0 Å². The number of anilines is 1. The highest BCUT2D eigenvalue weighted by Gasteiger charge is 2.04. The third-order valence-corrected chi connectivity index (χ3v) is 2.26. The molecule has 0 saturated heterocycles. The lowest BCUT2D eigenvalue weighted by atomic mass is 10.2. The summed E-state index contributed by atoms with van der Waals surface area (Å²) in [5.74, 6) is -0.188. The van der Waals surface area contributed by atoms with Crippen molar-refractivity contribution in [2.75, 3.05) is 5.32 Å². The maximum Gasteiger partial charge on any atom is 0.335 e. The van der Waals surface area contributed by atoms with Gasteiger partial charge in [0.1, 0.15) is 11.5 Å². The number of hydrogen-bond donors (Lipinski definition) is 2. The highest BCUT2D eigenvalue weighted by atomic mass is 16.5. The van der Waals surface area contributed by atoms with Crippen molar-refractivity contribution >= 4 is 11.7 Å². The van der Waals surface area contributed by atoms with Gasteiger partial charge in [-0.3, -0.25) is 0 Å². The zero-order chi connectivity index (χ0) is 12.3. The fraction of sp³-hybridized carbons (Fsp3) is 0.167. The standard InChI is InChI=1S/C12H12N2O3/c1-8-5-11(14-17-8)7-13-10-4-2-3-9(6-10)12(15)16/h2-6,13H,7H2,1H3,(H,15,16). The summed E-state index contributed by atoms with van der Waals surface area (Å²) in [6.07, 6.45) is 0. The van der Waals surface area contributed by atoms with Crippen LogP contribution in [-0.2, 0) is 6.54 Å². The first-order valence-electron chi connectivity index (χ1n) is 5.14. The molecule has 0 fully saturated rings. The van der Waals surface area contributed by atoms with Crippen LogP contribution in [-0.4, -0.2) is 16.2 Å². The Bertz CT molecular complexity index is 534. The molecule has 0 bridgehead atoms. The molecule has 5 nitrogen and oxygen atoms in total. The molecule has 2 N–H and O–H groups in total. The van der Waals surface area contributed by atoms with Crippen molar-refractivity contribution in [2.24, 2.45) is 0 Å². The largest absolute Gasteiger partial charge is 0.478 e. The van der Waals surface area contributed by atoms with E-state index in [-0.39, 0.29) is 5.56 Å². The predicted molar refractivity (Wildman–Crippen MR) is 62.0 cm³/mol. The van der Waals surface area contributed by atoms with E-state index in [2.05, 4.69) is 10.5 Å². The third kappa shape index (κ3) is 2.84. The van der Waals surface area contributed by atoms with E-state index < -0.39 is 5.97 Å². The average molecular weight is 232 g/mol. The molecule has 2 rings (SSSR count). The zero-order valence-corrected chi connectivity index (χ0v) is 9.30. The number of carboxylic acids is 1. The number of nitrogens with zero attached hydrogens (tertiary/aromatic N) is 1. The summed E-state index contributed by atoms with van der Waals surface area (Å²) < 4.78 is 4.93. The van der Waals surface area contributed by atoms with Crippen LogP contribution in [0.3, 0.4) is 0 Å². The summed E-state index contributed by atoms with van der Waals surface area (Å²) in [6, 6.07) is 8.45. The number of benzene rings is 1. The minimum absolute atomic E-state index is 0.256. The minimum Gasteiger partial charge on any atom is -0.478 e. The summed E-state index contributed by atoms with van der Waals surface area (Å²) in [7, 11) is 0. The van der Waals surface area contributed by atoms with Crippen LogP contribution in [0.15, 0.2) is 34.9 Å². The number of aromatic nitrogens is 1. The van der Waals surface area contributed by atoms with Crippen LogP contribution < -0.4 is 5.32 Å². The molecule has 0 unspecified atom stereocenters. The summed E-state index contributed by atoms with van der Waals surface area (Å²) in [4.78, 5) is 10.8. The lowest BCUT2D eigenvalue weighted by Crippen LogP contribution is -2.02. The molecular weight excluding hydrogens is 220 g/mol. The average Bonchev–Trinajstić information content (AvgIpc) is 2.73. The van der Waals surface area contributed by atoms with Crippen LogP contribution in [0.2, 0.25) is 0 Å². The molecule has 17 heavy (non-hydrogen) atoms. The molecule has 88 valence electrons. The maximum atomic E-state index is 10.8. The first-order chi connectivity index (χ1) is 8.15. The minimum atomic E-state index is -0.939. The molecule has 1 aromatic heterocycles. The second-order valence-electron chi connectivity index (χ2n) is 3.67. The maximum absolute atomic E-state index is 10.8. The lowest BCUT2D eigenvalue weighted by molar-refractivity contribution is 0.0697. The van der Waals surface area contributed by atoms with E-state index in [4.69, 9.17) is 9.63 Å². The molecule has 1 heterocycles. The lowest BCUT2D eigenvalue weighted by Gasteiger charge is -2.04. The van der Waals surface area contributed by atoms with Crippen molar-refractivity contribution in [1.82, 2.24) is 5.16 Å². The molecule has 0 aliphatic carbocycles. The van der Waals surface area contributed by atoms with E-state index in [0.717, 1.165) is 17.1 Å². The van der Waals surface area contributed by atoms with E-state index in [9.17, 15) is 4.79 Å². The fourth-order valence-electron chi connectivity index (χ4n) is 1.46. The van der Waals surface area contributed by atoms with Crippen molar-refractivity contribution in [1.29, 1.82) is 0 Å². The molecule has 1 aromatic carbocycles. The summed E-state index contributed by atoms with van der Waals surface area (Å²) in [5.41, 5.74) is 1.78. The van der Waals surface area contributed by atoms with Crippen LogP contribution in [0.25, 0.3) is 0 Å². The van der Waals surface area contributed by atoms with Gasteiger partial charge in [0.05, 0.1) is 12.1 Å². The Labute approximate surface area is 98.1 Å². The molecule has 0 aliphatic heterocycles. The molecule has 0 atom stereocenters. The number of carboxylic acid groups (broad SMARTS) is 1. The number of aromatic carboxylic acids is 1. The first kappa shape index (κ1) is 11.2. The van der Waals surface area contributed by atoms with Crippen molar-refractivity contribution in [2.45, 2.75) is 13.5 Å². The highest BCUT2D eigenvalue weighted by Crippen LogP contribution is 2.12. The Balaban J connectivity index is 2.04. The Kier molecular flexibility index (Phi) is 3.09. The van der Waals surface area contributed by atoms with Gasteiger partial charge in [0.15, 0.2) is 0 Å². The number of nitrogens with one attached hydrogen (secondary N) is 1. The van der Waals surface area contributed by atoms with E-state index in [1.165, 1.54) is 0 Å². The summed E-state index contributed by atoms with van der Waals surface area (Å²) in [5, 5.41) is 15.8. The van der Waals surface area contributed by atoms with E-state index in [0.29, 0.717) is 6.54 Å². The molecule has 0 spiro atoms. The van der Waals surface area contributed by atoms with Crippen molar-refractivity contribution in [3.05, 3.63) is 47.3 Å². The Morgan fingerprint density at radius 3 is 2.94 bits per heavy atom. The number of aryl methyl sites for hydroxylation is 1. The van der Waals surface area contributed by atoms with Crippen LogP contribution >= 0.6 is 0 Å². The second-order valence-corrected chi connectivity index (χ2v) is 3.67. The topological polar surface area (TPSA) is 75.4 Å². The number of hydrogen-bond acceptors (Lipinski definition) is 4. The van der Waals surface area contributed by atoms with Gasteiger partial charge in [0.25, 0.3) is 0 Å². The van der Waals surface area contributed by atoms with Gasteiger partial charge >= 0.3 is 5.97 Å². The second kappa shape index (κ2) is 4.69. The zero-order valence-electron chi connectivity index (χ0n) is 9.30. The molecule has 5 heteroatoms. The van der Waals surface area contributed by atoms with Crippen LogP contribution in [0, 0.1) is 6.92 Å². The summed E-state index contributed by atoms with van der Waals surface area (Å²) >= 11 is 0. The smallest absolute Gasteiger partial charge is 0.335 e. The molecule has 2 aromatic rings. The molecule has 0 saturated carbocycles. The number of carbonyl (C=O) groups is 1. The van der Waals surface area contributed by atoms with Crippen LogP contribution in [0.4, 0.5) is 5.69 Å². The SMILES string of the molecule is Cc1cc(CNc2cccc(C(=O)O)c2)no1. The van der Waals surface area contributed by atoms with Gasteiger partial charge in [-0.1, -0.05) is 11.2 Å². The van der Waals surface area contributed by atoms with Gasteiger partial charge in [-0.25, -0.2) is 4.79 Å². The molecule has 0 radical (unpaired) electrons. The van der Waals surface area contributed by atoms with Crippen LogP contribution in [0.1, 0.15) is 21.8 Å². The summed E-state index contributed by atoms with van der Waals surface area (Å²) in [6.45, 7) is 2.32. The number of rotatable bonds is 4. The van der Waals surface area contributed by atoms with E-state index >= 15 is 0 Å². The molecule has 0 aliphatic rings. The van der Waals surface area contributed by atoms with Gasteiger partial charge in [-0.05, 0) is 25.1 Å². The van der Waals surface area contributed by atoms with Gasteiger partial charge in [0, 0.05) is 11.8 Å². The van der Waals surface area contributed by atoms with Gasteiger partial charge in [-0.15, -0.1) is 0 Å². The van der Waals surface area contributed by atoms with Crippen LogP contribution in [0.5, 0.6) is 0 Å². The van der Waals surface area contributed by atoms with E-state index in [1.54, 1.807) is 24.3 Å². The van der Waals surface area contributed by atoms with Gasteiger partial charge < -0.3 is 14.9 Å². The monoisotopic (exact) mass is 232 g/mol. The van der Waals surface area contributed by atoms with Gasteiger partial charge in [0.2, 0.25) is 0 Å². The van der Waals surface area contributed by atoms with E-state index in [1.807, 2.05) is 13.0 Å². The third-order valence-electron chi connectivity index (χ3n) is 2.26. The van der Waals surface area contributed by atoms with Crippen molar-refractivity contribution < 1.29 is 14.4 Å².